The van der Waals surface area contributed by atoms with Crippen molar-refractivity contribution in [3.8, 4) is 11.5 Å². The molecule has 0 aromatic heterocycles. The smallest absolute Gasteiger partial charge is 0.387 e. The zero-order valence-electron chi connectivity index (χ0n) is 11.3. The van der Waals surface area contributed by atoms with Gasteiger partial charge < -0.3 is 14.8 Å². The Hall–Kier alpha value is -2.01. The maximum Gasteiger partial charge on any atom is 0.387 e. The van der Waals surface area contributed by atoms with E-state index in [4.69, 9.17) is 16.3 Å². The molecule has 0 heterocycles. The third kappa shape index (κ3) is 4.49. The number of hydrogen-bond donors (Lipinski definition) is 1. The van der Waals surface area contributed by atoms with E-state index in [9.17, 15) is 8.78 Å². The van der Waals surface area contributed by atoms with E-state index in [-0.39, 0.29) is 5.75 Å². The first-order chi connectivity index (χ1) is 10.1. The fraction of sp³-hybridized carbons (Fsp3) is 0.200. The first kappa shape index (κ1) is 15.4. The summed E-state index contributed by atoms with van der Waals surface area (Å²) in [4.78, 5) is 0. The Kier molecular flexibility index (Phi) is 5.22. The molecule has 2 rings (SSSR count). The highest BCUT2D eigenvalue weighted by molar-refractivity contribution is 6.30. The molecular formula is C15H14ClF2NO2. The number of nitrogens with one attached hydrogen (secondary N) is 1. The summed E-state index contributed by atoms with van der Waals surface area (Å²) in [5.41, 5.74) is 1.35. The normalized spacial score (nSPS) is 10.5. The summed E-state index contributed by atoms with van der Waals surface area (Å²) < 4.78 is 34.4. The predicted molar refractivity (Wildman–Crippen MR) is 78.4 cm³/mol. The minimum atomic E-state index is -2.88. The maximum atomic E-state index is 12.4. The van der Waals surface area contributed by atoms with Crippen molar-refractivity contribution in [2.75, 3.05) is 12.4 Å². The van der Waals surface area contributed by atoms with E-state index in [1.165, 1.54) is 13.2 Å². The van der Waals surface area contributed by atoms with Gasteiger partial charge in [-0.1, -0.05) is 23.7 Å². The molecule has 2 aromatic rings. The summed E-state index contributed by atoms with van der Waals surface area (Å²) in [7, 11) is 1.50. The highest BCUT2D eigenvalue weighted by Gasteiger charge is 2.11. The van der Waals surface area contributed by atoms with Crippen LogP contribution in [0.4, 0.5) is 14.5 Å². The fourth-order valence-corrected chi connectivity index (χ4v) is 2.03. The van der Waals surface area contributed by atoms with E-state index in [2.05, 4.69) is 10.1 Å². The van der Waals surface area contributed by atoms with Crippen LogP contribution in [0.3, 0.4) is 0 Å². The van der Waals surface area contributed by atoms with Gasteiger partial charge in [-0.15, -0.1) is 0 Å². The molecule has 0 unspecified atom stereocenters. The molecule has 0 aliphatic rings. The van der Waals surface area contributed by atoms with Gasteiger partial charge in [0.2, 0.25) is 0 Å². The molecule has 0 saturated carbocycles. The quantitative estimate of drug-likeness (QED) is 0.848. The van der Waals surface area contributed by atoms with Gasteiger partial charge in [-0.2, -0.15) is 8.78 Å². The average molecular weight is 314 g/mol. The van der Waals surface area contributed by atoms with Crippen molar-refractivity contribution in [3.05, 3.63) is 53.1 Å². The third-order valence-electron chi connectivity index (χ3n) is 2.77. The molecule has 0 spiro atoms. The molecule has 2 aromatic carbocycles. The monoisotopic (exact) mass is 313 g/mol. The summed E-state index contributed by atoms with van der Waals surface area (Å²) in [6, 6.07) is 11.9. The van der Waals surface area contributed by atoms with E-state index < -0.39 is 6.61 Å². The maximum absolute atomic E-state index is 12.4. The van der Waals surface area contributed by atoms with Crippen LogP contribution in [0.15, 0.2) is 42.5 Å². The third-order valence-corrected chi connectivity index (χ3v) is 3.01. The Labute approximate surface area is 126 Å². The fourth-order valence-electron chi connectivity index (χ4n) is 1.82. The molecule has 0 amide bonds. The lowest BCUT2D eigenvalue weighted by Gasteiger charge is -2.14. The van der Waals surface area contributed by atoms with Crippen molar-refractivity contribution < 1.29 is 18.3 Å². The Bertz CT molecular complexity index is 608. The average Bonchev–Trinajstić information content (AvgIpc) is 2.46. The van der Waals surface area contributed by atoms with E-state index in [1.54, 1.807) is 24.3 Å². The molecule has 0 bridgehead atoms. The van der Waals surface area contributed by atoms with Crippen molar-refractivity contribution in [2.24, 2.45) is 0 Å². The van der Waals surface area contributed by atoms with Crippen LogP contribution < -0.4 is 14.8 Å². The van der Waals surface area contributed by atoms with Crippen molar-refractivity contribution >= 4 is 17.3 Å². The minimum absolute atomic E-state index is 0.0628. The summed E-state index contributed by atoms with van der Waals surface area (Å²) in [5, 5.41) is 3.65. The first-order valence-corrected chi connectivity index (χ1v) is 6.57. The Morgan fingerprint density at radius 3 is 2.67 bits per heavy atom. The zero-order chi connectivity index (χ0) is 15.2. The van der Waals surface area contributed by atoms with Crippen LogP contribution in [0, 0.1) is 0 Å². The number of rotatable bonds is 6. The molecule has 3 nitrogen and oxygen atoms in total. The molecule has 0 saturated heterocycles. The van der Waals surface area contributed by atoms with Crippen LogP contribution in [0.25, 0.3) is 0 Å². The Morgan fingerprint density at radius 2 is 2.00 bits per heavy atom. The second-order valence-electron chi connectivity index (χ2n) is 4.22. The largest absolute Gasteiger partial charge is 0.497 e. The SMILES string of the molecule is COc1ccc(OC(F)F)c(NCc2cccc(Cl)c2)c1. The van der Waals surface area contributed by atoms with Gasteiger partial charge in [-0.25, -0.2) is 0 Å². The number of anilines is 1. The van der Waals surface area contributed by atoms with Crippen molar-refractivity contribution in [3.63, 3.8) is 0 Å². The highest BCUT2D eigenvalue weighted by Crippen LogP contribution is 2.31. The molecule has 0 radical (unpaired) electrons. The first-order valence-electron chi connectivity index (χ1n) is 6.19. The van der Waals surface area contributed by atoms with Crippen molar-refractivity contribution in [1.29, 1.82) is 0 Å². The number of methoxy groups -OCH3 is 1. The van der Waals surface area contributed by atoms with Crippen LogP contribution >= 0.6 is 11.6 Å². The van der Waals surface area contributed by atoms with Gasteiger partial charge in [0.1, 0.15) is 11.5 Å². The van der Waals surface area contributed by atoms with Gasteiger partial charge in [0.05, 0.1) is 12.8 Å². The van der Waals surface area contributed by atoms with Crippen LogP contribution in [-0.2, 0) is 6.54 Å². The van der Waals surface area contributed by atoms with Crippen LogP contribution in [0.1, 0.15) is 5.56 Å². The summed E-state index contributed by atoms with van der Waals surface area (Å²) in [6.07, 6.45) is 0. The summed E-state index contributed by atoms with van der Waals surface area (Å²) in [6.45, 7) is -2.46. The summed E-state index contributed by atoms with van der Waals surface area (Å²) >= 11 is 5.90. The minimum Gasteiger partial charge on any atom is -0.497 e. The Balaban J connectivity index is 2.16. The molecule has 1 N–H and O–H groups in total. The van der Waals surface area contributed by atoms with E-state index >= 15 is 0 Å². The lowest BCUT2D eigenvalue weighted by Crippen LogP contribution is -2.07. The molecular weight excluding hydrogens is 300 g/mol. The van der Waals surface area contributed by atoms with E-state index in [1.807, 2.05) is 12.1 Å². The van der Waals surface area contributed by atoms with Gasteiger partial charge in [-0.05, 0) is 29.8 Å². The van der Waals surface area contributed by atoms with Crippen LogP contribution in [-0.4, -0.2) is 13.7 Å². The molecule has 0 fully saturated rings. The standard InChI is InChI=1S/C15H14ClF2NO2/c1-20-12-5-6-14(21-15(17)18)13(8-12)19-9-10-3-2-4-11(16)7-10/h2-8,15,19H,9H2,1H3. The van der Waals surface area contributed by atoms with Crippen LogP contribution in [0.2, 0.25) is 5.02 Å². The lowest BCUT2D eigenvalue weighted by molar-refractivity contribution is -0.0493. The number of ether oxygens (including phenoxy) is 2. The number of alkyl halides is 2. The van der Waals surface area contributed by atoms with Crippen LogP contribution in [0.5, 0.6) is 11.5 Å². The molecule has 0 aliphatic carbocycles. The van der Waals surface area contributed by atoms with E-state index in [0.29, 0.717) is 23.0 Å². The highest BCUT2D eigenvalue weighted by atomic mass is 35.5. The summed E-state index contributed by atoms with van der Waals surface area (Å²) in [5.74, 6) is 0.609. The van der Waals surface area contributed by atoms with Gasteiger partial charge in [-0.3, -0.25) is 0 Å². The lowest BCUT2D eigenvalue weighted by atomic mass is 10.2. The predicted octanol–water partition coefficient (Wildman–Crippen LogP) is 4.56. The molecule has 6 heteroatoms. The number of halogens is 3. The number of benzene rings is 2. The molecule has 0 atom stereocenters. The van der Waals surface area contributed by atoms with Gasteiger partial charge in [0, 0.05) is 17.6 Å². The molecule has 21 heavy (non-hydrogen) atoms. The van der Waals surface area contributed by atoms with Gasteiger partial charge >= 0.3 is 6.61 Å². The van der Waals surface area contributed by atoms with Gasteiger partial charge in [0.25, 0.3) is 0 Å². The van der Waals surface area contributed by atoms with Crippen molar-refractivity contribution in [2.45, 2.75) is 13.2 Å². The molecule has 0 aliphatic heterocycles. The topological polar surface area (TPSA) is 30.5 Å². The second kappa shape index (κ2) is 7.13. The van der Waals surface area contributed by atoms with E-state index in [0.717, 1.165) is 5.56 Å². The zero-order valence-corrected chi connectivity index (χ0v) is 12.0. The molecule has 112 valence electrons. The second-order valence-corrected chi connectivity index (χ2v) is 4.66. The van der Waals surface area contributed by atoms with Crippen molar-refractivity contribution in [1.82, 2.24) is 0 Å². The Morgan fingerprint density at radius 1 is 1.19 bits per heavy atom. The number of hydrogen-bond acceptors (Lipinski definition) is 3. The van der Waals surface area contributed by atoms with Gasteiger partial charge in [0.15, 0.2) is 0 Å².